The molecular formula is C22H26BrFN2O3. The highest BCUT2D eigenvalue weighted by atomic mass is 79.9. The molecule has 2 amide bonds. The number of benzene rings is 2. The molecule has 0 saturated carbocycles. The van der Waals surface area contributed by atoms with Gasteiger partial charge >= 0.3 is 0 Å². The Morgan fingerprint density at radius 2 is 1.72 bits per heavy atom. The van der Waals surface area contributed by atoms with Crippen molar-refractivity contribution in [3.05, 3.63) is 64.4 Å². The molecule has 2 rings (SSSR count). The van der Waals surface area contributed by atoms with E-state index in [1.807, 2.05) is 38.1 Å². The molecule has 0 bridgehead atoms. The van der Waals surface area contributed by atoms with E-state index in [4.69, 9.17) is 4.74 Å². The van der Waals surface area contributed by atoms with E-state index in [1.54, 1.807) is 6.92 Å². The molecule has 0 radical (unpaired) electrons. The van der Waals surface area contributed by atoms with E-state index in [9.17, 15) is 14.0 Å². The lowest BCUT2D eigenvalue weighted by Crippen LogP contribution is -2.50. The zero-order chi connectivity index (χ0) is 21.4. The van der Waals surface area contributed by atoms with Gasteiger partial charge in [0.25, 0.3) is 5.91 Å². The molecule has 156 valence electrons. The van der Waals surface area contributed by atoms with Gasteiger partial charge in [-0.25, -0.2) is 4.39 Å². The summed E-state index contributed by atoms with van der Waals surface area (Å²) in [6, 6.07) is 12.4. The van der Waals surface area contributed by atoms with Crippen LogP contribution in [0.1, 0.15) is 32.8 Å². The van der Waals surface area contributed by atoms with Crippen molar-refractivity contribution in [2.75, 3.05) is 6.61 Å². The minimum Gasteiger partial charge on any atom is -0.484 e. The number of hydrogen-bond acceptors (Lipinski definition) is 3. The van der Waals surface area contributed by atoms with Crippen molar-refractivity contribution in [1.82, 2.24) is 10.2 Å². The number of carbonyl (C=O) groups is 2. The Morgan fingerprint density at radius 1 is 1.10 bits per heavy atom. The van der Waals surface area contributed by atoms with Gasteiger partial charge in [0.15, 0.2) is 6.61 Å². The van der Waals surface area contributed by atoms with Crippen LogP contribution in [0.3, 0.4) is 0 Å². The number of nitrogens with zero attached hydrogens (tertiary/aromatic N) is 1. The molecule has 2 aromatic carbocycles. The molecule has 0 aliphatic heterocycles. The van der Waals surface area contributed by atoms with Crippen molar-refractivity contribution in [2.45, 2.75) is 45.8 Å². The second-order valence-corrected chi connectivity index (χ2v) is 7.80. The maximum absolute atomic E-state index is 13.0. The van der Waals surface area contributed by atoms with Crippen molar-refractivity contribution in [3.63, 3.8) is 0 Å². The molecule has 0 aliphatic carbocycles. The summed E-state index contributed by atoms with van der Waals surface area (Å²) in [6.07, 6.45) is 0.798. The lowest BCUT2D eigenvalue weighted by Gasteiger charge is -2.29. The third kappa shape index (κ3) is 7.16. The minimum atomic E-state index is -0.669. The first-order chi connectivity index (χ1) is 13.8. The fourth-order valence-corrected chi connectivity index (χ4v) is 2.86. The third-order valence-electron chi connectivity index (χ3n) is 4.61. The molecule has 0 unspecified atom stereocenters. The first-order valence-corrected chi connectivity index (χ1v) is 10.3. The lowest BCUT2D eigenvalue weighted by molar-refractivity contribution is -0.142. The van der Waals surface area contributed by atoms with E-state index >= 15 is 0 Å². The summed E-state index contributed by atoms with van der Waals surface area (Å²) >= 11 is 3.39. The highest BCUT2D eigenvalue weighted by molar-refractivity contribution is 9.10. The first kappa shape index (κ1) is 22.9. The molecule has 2 atom stereocenters. The molecule has 29 heavy (non-hydrogen) atoms. The van der Waals surface area contributed by atoms with Gasteiger partial charge in [-0.1, -0.05) is 35.0 Å². The quantitative estimate of drug-likeness (QED) is 0.601. The topological polar surface area (TPSA) is 58.6 Å². The fourth-order valence-electron chi connectivity index (χ4n) is 2.59. The Labute approximate surface area is 179 Å². The zero-order valence-electron chi connectivity index (χ0n) is 16.8. The molecule has 0 spiro atoms. The SMILES string of the molecule is CC[C@H](C)NC(=O)[C@H](C)N(Cc1ccc(Br)cc1)C(=O)COc1ccc(F)cc1. The first-order valence-electron chi connectivity index (χ1n) is 9.52. The average Bonchev–Trinajstić information content (AvgIpc) is 2.72. The fraction of sp³-hybridized carbons (Fsp3) is 0.364. The molecule has 0 heterocycles. The predicted molar refractivity (Wildman–Crippen MR) is 114 cm³/mol. The van der Waals surface area contributed by atoms with Crippen LogP contribution in [-0.4, -0.2) is 35.4 Å². The van der Waals surface area contributed by atoms with Gasteiger partial charge in [-0.2, -0.15) is 0 Å². The van der Waals surface area contributed by atoms with Crippen molar-refractivity contribution < 1.29 is 18.7 Å². The van der Waals surface area contributed by atoms with Crippen molar-refractivity contribution in [1.29, 1.82) is 0 Å². The lowest BCUT2D eigenvalue weighted by atomic mass is 10.1. The number of ether oxygens (including phenoxy) is 1. The molecule has 0 fully saturated rings. The van der Waals surface area contributed by atoms with Crippen LogP contribution in [0.2, 0.25) is 0 Å². The van der Waals surface area contributed by atoms with Crippen LogP contribution in [0.25, 0.3) is 0 Å². The summed E-state index contributed by atoms with van der Waals surface area (Å²) in [7, 11) is 0. The minimum absolute atomic E-state index is 0.0186. The maximum atomic E-state index is 13.0. The van der Waals surface area contributed by atoms with Crippen molar-refractivity contribution in [2.24, 2.45) is 0 Å². The van der Waals surface area contributed by atoms with Gasteiger partial charge < -0.3 is 15.0 Å². The molecule has 0 aromatic heterocycles. The largest absolute Gasteiger partial charge is 0.484 e. The van der Waals surface area contributed by atoms with E-state index in [2.05, 4.69) is 21.2 Å². The third-order valence-corrected chi connectivity index (χ3v) is 5.14. The van der Waals surface area contributed by atoms with Gasteiger partial charge in [-0.15, -0.1) is 0 Å². The van der Waals surface area contributed by atoms with E-state index in [0.29, 0.717) is 5.75 Å². The van der Waals surface area contributed by atoms with Crippen LogP contribution >= 0.6 is 15.9 Å². The summed E-state index contributed by atoms with van der Waals surface area (Å²) in [4.78, 5) is 27.0. The van der Waals surface area contributed by atoms with E-state index < -0.39 is 6.04 Å². The van der Waals surface area contributed by atoms with E-state index in [0.717, 1.165) is 16.5 Å². The molecular weight excluding hydrogens is 439 g/mol. The smallest absolute Gasteiger partial charge is 0.261 e. The average molecular weight is 465 g/mol. The monoisotopic (exact) mass is 464 g/mol. The molecule has 0 saturated heterocycles. The Balaban J connectivity index is 2.13. The Kier molecular flexibility index (Phi) is 8.64. The van der Waals surface area contributed by atoms with Crippen LogP contribution in [0.5, 0.6) is 5.75 Å². The normalized spacial score (nSPS) is 12.7. The van der Waals surface area contributed by atoms with Crippen molar-refractivity contribution >= 4 is 27.7 Å². The van der Waals surface area contributed by atoms with Gasteiger partial charge in [0.1, 0.15) is 17.6 Å². The Morgan fingerprint density at radius 3 is 2.31 bits per heavy atom. The van der Waals surface area contributed by atoms with Crippen LogP contribution in [-0.2, 0) is 16.1 Å². The number of halogens is 2. The van der Waals surface area contributed by atoms with Gasteiger partial charge in [0, 0.05) is 17.1 Å². The van der Waals surface area contributed by atoms with Crippen LogP contribution < -0.4 is 10.1 Å². The van der Waals surface area contributed by atoms with Gasteiger partial charge in [0.05, 0.1) is 0 Å². The highest BCUT2D eigenvalue weighted by Crippen LogP contribution is 2.16. The summed E-state index contributed by atoms with van der Waals surface area (Å²) in [5.74, 6) is -0.536. The second-order valence-electron chi connectivity index (χ2n) is 6.88. The summed E-state index contributed by atoms with van der Waals surface area (Å²) in [6.45, 7) is 5.63. The molecule has 1 N–H and O–H groups in total. The molecule has 7 heteroatoms. The van der Waals surface area contributed by atoms with Crippen LogP contribution in [0.4, 0.5) is 4.39 Å². The number of amides is 2. The highest BCUT2D eigenvalue weighted by Gasteiger charge is 2.27. The number of carbonyl (C=O) groups excluding carboxylic acids is 2. The second kappa shape index (κ2) is 11.0. The van der Waals surface area contributed by atoms with Crippen LogP contribution in [0.15, 0.2) is 53.0 Å². The standard InChI is InChI=1S/C22H26BrFN2O3/c1-4-15(2)25-22(28)16(3)26(13-17-5-7-18(23)8-6-17)21(27)14-29-20-11-9-19(24)10-12-20/h5-12,15-16H,4,13-14H2,1-3H3,(H,25,28)/t15-,16-/m0/s1. The predicted octanol–water partition coefficient (Wildman–Crippen LogP) is 4.30. The van der Waals surface area contributed by atoms with E-state index in [-0.39, 0.29) is 36.8 Å². The maximum Gasteiger partial charge on any atom is 0.261 e. The van der Waals surface area contributed by atoms with Crippen molar-refractivity contribution in [3.8, 4) is 5.75 Å². The van der Waals surface area contributed by atoms with Gasteiger partial charge in [-0.3, -0.25) is 9.59 Å². The number of rotatable bonds is 9. The van der Waals surface area contributed by atoms with Crippen LogP contribution in [0, 0.1) is 5.82 Å². The zero-order valence-corrected chi connectivity index (χ0v) is 18.4. The van der Waals surface area contributed by atoms with Gasteiger partial charge in [0.2, 0.25) is 5.91 Å². The number of nitrogens with one attached hydrogen (secondary N) is 1. The van der Waals surface area contributed by atoms with E-state index in [1.165, 1.54) is 29.2 Å². The Bertz CT molecular complexity index is 812. The molecule has 0 aliphatic rings. The number of hydrogen-bond donors (Lipinski definition) is 1. The Hall–Kier alpha value is -2.41. The van der Waals surface area contributed by atoms with Gasteiger partial charge in [-0.05, 0) is 62.2 Å². The summed E-state index contributed by atoms with van der Waals surface area (Å²) in [5.41, 5.74) is 0.895. The summed E-state index contributed by atoms with van der Waals surface area (Å²) in [5, 5.41) is 2.92. The molecule has 5 nitrogen and oxygen atoms in total. The molecule has 2 aromatic rings. The summed E-state index contributed by atoms with van der Waals surface area (Å²) < 4.78 is 19.5.